The number of aromatic nitrogens is 1. The molecule has 2 N–H and O–H groups in total. The normalized spacial score (nSPS) is 11.8. The Morgan fingerprint density at radius 1 is 0.621 bits per heavy atom. The molecule has 6 rings (SSSR count). The van der Waals surface area contributed by atoms with Gasteiger partial charge in [-0.1, -0.05) is 48.5 Å². The Morgan fingerprint density at radius 2 is 1.34 bits per heavy atom. The lowest BCUT2D eigenvalue weighted by atomic mass is 9.80. The zero-order valence-corrected chi connectivity index (χ0v) is 15.4. The fourth-order valence-electron chi connectivity index (χ4n) is 4.28. The van der Waals surface area contributed by atoms with Gasteiger partial charge < -0.3 is 19.0 Å². The Hall–Kier alpha value is -3.54. The van der Waals surface area contributed by atoms with Gasteiger partial charge in [0.1, 0.15) is 11.2 Å². The summed E-state index contributed by atoms with van der Waals surface area (Å²) in [6.45, 7) is 0. The van der Waals surface area contributed by atoms with Crippen LogP contribution >= 0.6 is 0 Å². The monoisotopic (exact) mass is 377 g/mol. The van der Waals surface area contributed by atoms with E-state index >= 15 is 0 Å². The molecule has 29 heavy (non-hydrogen) atoms. The van der Waals surface area contributed by atoms with Gasteiger partial charge in [0.05, 0.1) is 11.0 Å². The first-order valence-electron chi connectivity index (χ1n) is 9.51. The molecular formula is C24H16BNO3. The Kier molecular flexibility index (Phi) is 3.39. The summed E-state index contributed by atoms with van der Waals surface area (Å²) in [5.41, 5.74) is 5.34. The summed E-state index contributed by atoms with van der Waals surface area (Å²) < 4.78 is 8.18. The van der Waals surface area contributed by atoms with Gasteiger partial charge in [0, 0.05) is 27.2 Å². The topological polar surface area (TPSA) is 58.5 Å². The van der Waals surface area contributed by atoms with E-state index in [4.69, 9.17) is 4.42 Å². The maximum Gasteiger partial charge on any atom is 0.488 e. The van der Waals surface area contributed by atoms with Crippen molar-refractivity contribution in [3.63, 3.8) is 0 Å². The molecule has 0 fully saturated rings. The second-order valence-electron chi connectivity index (χ2n) is 7.28. The van der Waals surface area contributed by atoms with Gasteiger partial charge in [0.15, 0.2) is 0 Å². The third-order valence-electron chi connectivity index (χ3n) is 5.61. The van der Waals surface area contributed by atoms with Gasteiger partial charge >= 0.3 is 7.12 Å². The Labute approximate surface area is 166 Å². The first-order chi connectivity index (χ1) is 14.2. The van der Waals surface area contributed by atoms with Crippen molar-refractivity contribution in [1.82, 2.24) is 4.57 Å². The van der Waals surface area contributed by atoms with Crippen LogP contribution in [0, 0.1) is 0 Å². The van der Waals surface area contributed by atoms with Crippen LogP contribution in [0.15, 0.2) is 89.3 Å². The SMILES string of the molecule is OB(O)c1ccc2c(c1)c1ccccc1n2-c1ccc2oc3ccccc3c2c1. The molecule has 0 aliphatic rings. The van der Waals surface area contributed by atoms with E-state index in [2.05, 4.69) is 34.9 Å². The number of nitrogens with zero attached hydrogens (tertiary/aromatic N) is 1. The van der Waals surface area contributed by atoms with Gasteiger partial charge in [0.25, 0.3) is 0 Å². The molecule has 0 aliphatic carbocycles. The van der Waals surface area contributed by atoms with E-state index in [9.17, 15) is 10.0 Å². The molecule has 0 amide bonds. The fraction of sp³-hybridized carbons (Fsp3) is 0. The Bertz CT molecular complexity index is 1540. The molecule has 0 radical (unpaired) electrons. The minimum Gasteiger partial charge on any atom is -0.456 e. The van der Waals surface area contributed by atoms with Crippen molar-refractivity contribution in [3.8, 4) is 5.69 Å². The van der Waals surface area contributed by atoms with E-state index in [1.54, 1.807) is 6.07 Å². The first-order valence-corrected chi connectivity index (χ1v) is 9.51. The molecule has 4 aromatic carbocycles. The highest BCUT2D eigenvalue weighted by atomic mass is 16.4. The number of hydrogen-bond donors (Lipinski definition) is 2. The quantitative estimate of drug-likeness (QED) is 0.441. The van der Waals surface area contributed by atoms with Crippen molar-refractivity contribution in [2.45, 2.75) is 0 Å². The molecule has 0 bridgehead atoms. The molecule has 2 heterocycles. The van der Waals surface area contributed by atoms with Crippen molar-refractivity contribution < 1.29 is 14.5 Å². The molecule has 0 aliphatic heterocycles. The molecule has 5 heteroatoms. The van der Waals surface area contributed by atoms with Crippen LogP contribution in [0.3, 0.4) is 0 Å². The molecule has 4 nitrogen and oxygen atoms in total. The molecule has 6 aromatic rings. The lowest BCUT2D eigenvalue weighted by molar-refractivity contribution is 0.426. The molecule has 0 unspecified atom stereocenters. The van der Waals surface area contributed by atoms with Crippen LogP contribution < -0.4 is 5.46 Å². The van der Waals surface area contributed by atoms with Crippen molar-refractivity contribution in [2.24, 2.45) is 0 Å². The van der Waals surface area contributed by atoms with E-state index in [1.807, 2.05) is 48.5 Å². The Balaban J connectivity index is 1.71. The average molecular weight is 377 g/mol. The van der Waals surface area contributed by atoms with E-state index < -0.39 is 7.12 Å². The first kappa shape index (κ1) is 16.4. The van der Waals surface area contributed by atoms with Crippen molar-refractivity contribution in [1.29, 1.82) is 0 Å². The van der Waals surface area contributed by atoms with Crippen LogP contribution in [-0.4, -0.2) is 21.7 Å². The summed E-state index contributed by atoms with van der Waals surface area (Å²) in [7, 11) is -1.49. The highest BCUT2D eigenvalue weighted by Crippen LogP contribution is 2.35. The Morgan fingerprint density at radius 3 is 2.21 bits per heavy atom. The predicted molar refractivity (Wildman–Crippen MR) is 118 cm³/mol. The summed E-state index contributed by atoms with van der Waals surface area (Å²) >= 11 is 0. The van der Waals surface area contributed by atoms with Gasteiger partial charge in [-0.25, -0.2) is 0 Å². The zero-order chi connectivity index (χ0) is 19.5. The van der Waals surface area contributed by atoms with Gasteiger partial charge in [-0.15, -0.1) is 0 Å². The fourth-order valence-corrected chi connectivity index (χ4v) is 4.28. The third kappa shape index (κ3) is 2.35. The number of fused-ring (bicyclic) bond motifs is 6. The molecular weight excluding hydrogens is 361 g/mol. The molecule has 138 valence electrons. The van der Waals surface area contributed by atoms with Crippen LogP contribution in [0.4, 0.5) is 0 Å². The zero-order valence-electron chi connectivity index (χ0n) is 15.4. The van der Waals surface area contributed by atoms with E-state index in [-0.39, 0.29) is 0 Å². The van der Waals surface area contributed by atoms with Crippen molar-refractivity contribution in [3.05, 3.63) is 84.9 Å². The van der Waals surface area contributed by atoms with Gasteiger partial charge in [0.2, 0.25) is 0 Å². The molecule has 2 aromatic heterocycles. The van der Waals surface area contributed by atoms with E-state index in [1.165, 1.54) is 0 Å². The smallest absolute Gasteiger partial charge is 0.456 e. The summed E-state index contributed by atoms with van der Waals surface area (Å²) in [4.78, 5) is 0. The summed E-state index contributed by atoms with van der Waals surface area (Å²) in [5.74, 6) is 0. The van der Waals surface area contributed by atoms with Gasteiger partial charge in [-0.2, -0.15) is 0 Å². The maximum absolute atomic E-state index is 9.61. The highest BCUT2D eigenvalue weighted by Gasteiger charge is 2.17. The van der Waals surface area contributed by atoms with Gasteiger partial charge in [-0.3, -0.25) is 0 Å². The van der Waals surface area contributed by atoms with Crippen LogP contribution in [0.1, 0.15) is 0 Å². The number of furan rings is 1. The largest absolute Gasteiger partial charge is 0.488 e. The highest BCUT2D eigenvalue weighted by molar-refractivity contribution is 6.59. The number of hydrogen-bond acceptors (Lipinski definition) is 3. The summed E-state index contributed by atoms with van der Waals surface area (Å²) in [5, 5.41) is 23.5. The van der Waals surface area contributed by atoms with Crippen molar-refractivity contribution >= 4 is 56.3 Å². The van der Waals surface area contributed by atoms with Crippen LogP contribution in [-0.2, 0) is 0 Å². The molecule has 0 saturated heterocycles. The van der Waals surface area contributed by atoms with Crippen molar-refractivity contribution in [2.75, 3.05) is 0 Å². The van der Waals surface area contributed by atoms with Crippen LogP contribution in [0.5, 0.6) is 0 Å². The lowest BCUT2D eigenvalue weighted by Crippen LogP contribution is -2.29. The minimum atomic E-state index is -1.49. The second kappa shape index (κ2) is 5.98. The number of benzene rings is 4. The molecule has 0 atom stereocenters. The third-order valence-corrected chi connectivity index (χ3v) is 5.61. The van der Waals surface area contributed by atoms with Crippen LogP contribution in [0.2, 0.25) is 0 Å². The summed E-state index contributed by atoms with van der Waals surface area (Å²) in [6.07, 6.45) is 0. The minimum absolute atomic E-state index is 0.483. The number of rotatable bonds is 2. The van der Waals surface area contributed by atoms with Gasteiger partial charge in [-0.05, 0) is 41.9 Å². The number of para-hydroxylation sites is 2. The second-order valence-corrected chi connectivity index (χ2v) is 7.28. The average Bonchev–Trinajstić information content (AvgIpc) is 3.28. The lowest BCUT2D eigenvalue weighted by Gasteiger charge is -2.08. The summed E-state index contributed by atoms with van der Waals surface area (Å²) in [6, 6.07) is 28.0. The molecule has 0 spiro atoms. The predicted octanol–water partition coefficient (Wildman–Crippen LogP) is 4.36. The molecule has 0 saturated carbocycles. The van der Waals surface area contributed by atoms with E-state index in [0.717, 1.165) is 49.4 Å². The standard InChI is InChI=1S/C24H16BNO3/c27-25(28)15-9-11-22-19(13-15)17-5-1-3-7-21(17)26(22)16-10-12-24-20(14-16)18-6-2-4-8-23(18)29-24/h1-14,27-28H. The van der Waals surface area contributed by atoms with Crippen LogP contribution in [0.25, 0.3) is 49.4 Å². The maximum atomic E-state index is 9.61. The van der Waals surface area contributed by atoms with E-state index in [0.29, 0.717) is 5.46 Å².